The lowest BCUT2D eigenvalue weighted by Gasteiger charge is -2.34. The number of amides is 3. The van der Waals surface area contributed by atoms with Crippen LogP contribution in [0.3, 0.4) is 0 Å². The fraction of sp³-hybridized carbons (Fsp3) is 0.435. The van der Waals surface area contributed by atoms with Crippen molar-refractivity contribution in [3.8, 4) is 11.5 Å². The quantitative estimate of drug-likeness (QED) is 0.713. The van der Waals surface area contributed by atoms with E-state index in [1.165, 1.54) is 6.26 Å². The van der Waals surface area contributed by atoms with Crippen molar-refractivity contribution in [1.29, 1.82) is 0 Å². The number of nitrogens with zero attached hydrogens (tertiary/aromatic N) is 1. The molecule has 9 heteroatoms. The zero-order valence-corrected chi connectivity index (χ0v) is 18.1. The Morgan fingerprint density at radius 1 is 1.06 bits per heavy atom. The number of hydrogen-bond acceptors (Lipinski definition) is 6. The van der Waals surface area contributed by atoms with Gasteiger partial charge in [-0.05, 0) is 43.0 Å². The molecule has 0 radical (unpaired) electrons. The number of ether oxygens (including phenoxy) is 2. The fourth-order valence-corrected chi connectivity index (χ4v) is 3.91. The smallest absolute Gasteiger partial charge is 0.287 e. The number of likely N-dealkylation sites (tertiary alicyclic amines) is 1. The second-order valence-corrected chi connectivity index (χ2v) is 8.33. The van der Waals surface area contributed by atoms with Gasteiger partial charge < -0.3 is 29.4 Å². The molecule has 9 nitrogen and oxygen atoms in total. The van der Waals surface area contributed by atoms with Crippen LogP contribution in [0, 0.1) is 11.8 Å². The second kappa shape index (κ2) is 9.33. The lowest BCUT2D eigenvalue weighted by Crippen LogP contribution is -2.53. The Labute approximate surface area is 186 Å². The van der Waals surface area contributed by atoms with Gasteiger partial charge in [-0.15, -0.1) is 0 Å². The maximum Gasteiger partial charge on any atom is 0.287 e. The van der Waals surface area contributed by atoms with Crippen molar-refractivity contribution in [2.24, 2.45) is 11.8 Å². The van der Waals surface area contributed by atoms with Crippen LogP contribution in [-0.2, 0) is 9.59 Å². The minimum Gasteiger partial charge on any atom is -0.459 e. The van der Waals surface area contributed by atoms with Gasteiger partial charge >= 0.3 is 0 Å². The molecular formula is C23H27N3O6. The summed E-state index contributed by atoms with van der Waals surface area (Å²) in [6.07, 6.45) is 2.53. The zero-order chi connectivity index (χ0) is 22.7. The first-order chi connectivity index (χ1) is 15.4. The number of hydrogen-bond donors (Lipinski definition) is 2. The van der Waals surface area contributed by atoms with E-state index in [-0.39, 0.29) is 36.2 Å². The summed E-state index contributed by atoms with van der Waals surface area (Å²) in [7, 11) is 0. The molecule has 2 aliphatic rings. The number of rotatable bonds is 6. The standard InChI is InChI=1S/C23H27N3O6/c1-14(2)20(25-22(28)18-4-3-11-30-18)23(29)26-9-7-15(8-10-26)21(27)24-16-5-6-17-19(12-16)32-13-31-17/h3-6,11-12,14-15,20H,7-10,13H2,1-2H3,(H,24,27)(H,25,28)/t20-/m0/s1. The Kier molecular flexibility index (Phi) is 6.34. The highest BCUT2D eigenvalue weighted by atomic mass is 16.7. The summed E-state index contributed by atoms with van der Waals surface area (Å²) in [6, 6.07) is 7.81. The third kappa shape index (κ3) is 4.71. The van der Waals surface area contributed by atoms with E-state index >= 15 is 0 Å². The largest absolute Gasteiger partial charge is 0.459 e. The molecule has 4 rings (SSSR count). The first kappa shape index (κ1) is 21.7. The minimum atomic E-state index is -0.661. The highest BCUT2D eigenvalue weighted by molar-refractivity contribution is 5.96. The number of anilines is 1. The molecule has 0 spiro atoms. The predicted octanol–water partition coefficient (Wildman–Crippen LogP) is 2.64. The molecule has 2 N–H and O–H groups in total. The molecule has 2 aliphatic heterocycles. The van der Waals surface area contributed by atoms with Crippen LogP contribution < -0.4 is 20.1 Å². The summed E-state index contributed by atoms with van der Waals surface area (Å²) >= 11 is 0. The van der Waals surface area contributed by atoms with Crippen LogP contribution in [0.15, 0.2) is 41.0 Å². The highest BCUT2D eigenvalue weighted by Crippen LogP contribution is 2.34. The van der Waals surface area contributed by atoms with Crippen LogP contribution in [0.2, 0.25) is 0 Å². The second-order valence-electron chi connectivity index (χ2n) is 8.33. The zero-order valence-electron chi connectivity index (χ0n) is 18.1. The average molecular weight is 441 g/mol. The van der Waals surface area contributed by atoms with Crippen molar-refractivity contribution in [2.45, 2.75) is 32.7 Å². The molecule has 170 valence electrons. The van der Waals surface area contributed by atoms with Crippen molar-refractivity contribution in [3.63, 3.8) is 0 Å². The van der Waals surface area contributed by atoms with E-state index in [1.807, 2.05) is 13.8 Å². The molecule has 1 aromatic carbocycles. The third-order valence-electron chi connectivity index (χ3n) is 5.78. The van der Waals surface area contributed by atoms with E-state index in [2.05, 4.69) is 10.6 Å². The van der Waals surface area contributed by atoms with Gasteiger partial charge in [0.25, 0.3) is 5.91 Å². The van der Waals surface area contributed by atoms with Gasteiger partial charge in [-0.2, -0.15) is 0 Å². The normalized spacial score (nSPS) is 16.7. The molecule has 1 fully saturated rings. The molecule has 2 aromatic rings. The summed E-state index contributed by atoms with van der Waals surface area (Å²) in [5.41, 5.74) is 0.651. The molecule has 1 saturated heterocycles. The Hall–Kier alpha value is -3.49. The van der Waals surface area contributed by atoms with E-state index in [0.29, 0.717) is 43.1 Å². The molecule has 1 aromatic heterocycles. The average Bonchev–Trinajstić information content (AvgIpc) is 3.48. The van der Waals surface area contributed by atoms with E-state index in [1.54, 1.807) is 35.2 Å². The van der Waals surface area contributed by atoms with Crippen LogP contribution in [0.4, 0.5) is 5.69 Å². The van der Waals surface area contributed by atoms with E-state index < -0.39 is 11.9 Å². The number of benzene rings is 1. The molecular weight excluding hydrogens is 414 g/mol. The van der Waals surface area contributed by atoms with Gasteiger partial charge in [-0.3, -0.25) is 14.4 Å². The van der Waals surface area contributed by atoms with Crippen LogP contribution in [0.5, 0.6) is 11.5 Å². The van der Waals surface area contributed by atoms with E-state index in [0.717, 1.165) is 0 Å². The van der Waals surface area contributed by atoms with Crippen molar-refractivity contribution in [1.82, 2.24) is 10.2 Å². The molecule has 3 amide bonds. The van der Waals surface area contributed by atoms with Gasteiger partial charge in [0.1, 0.15) is 6.04 Å². The number of carbonyl (C=O) groups is 3. The first-order valence-corrected chi connectivity index (χ1v) is 10.8. The van der Waals surface area contributed by atoms with Crippen molar-refractivity contribution < 1.29 is 28.3 Å². The summed E-state index contributed by atoms with van der Waals surface area (Å²) < 4.78 is 15.8. The van der Waals surface area contributed by atoms with Crippen LogP contribution >= 0.6 is 0 Å². The maximum atomic E-state index is 13.1. The Bertz CT molecular complexity index is 980. The number of furan rings is 1. The summed E-state index contributed by atoms with van der Waals surface area (Å²) in [5, 5.41) is 5.70. The third-order valence-corrected chi connectivity index (χ3v) is 5.78. The van der Waals surface area contributed by atoms with Gasteiger partial charge in [0.15, 0.2) is 17.3 Å². The lowest BCUT2D eigenvalue weighted by molar-refractivity contribution is -0.137. The topological polar surface area (TPSA) is 110 Å². The number of piperidine rings is 1. The minimum absolute atomic E-state index is 0.0810. The molecule has 0 saturated carbocycles. The number of nitrogens with one attached hydrogen (secondary N) is 2. The van der Waals surface area contributed by atoms with Crippen LogP contribution in [-0.4, -0.2) is 48.5 Å². The summed E-state index contributed by atoms with van der Waals surface area (Å²) in [4.78, 5) is 39.9. The van der Waals surface area contributed by atoms with Gasteiger partial charge in [0, 0.05) is 30.8 Å². The molecule has 3 heterocycles. The Balaban J connectivity index is 1.31. The van der Waals surface area contributed by atoms with Crippen LogP contribution in [0.1, 0.15) is 37.2 Å². The van der Waals surface area contributed by atoms with Gasteiger partial charge in [-0.25, -0.2) is 0 Å². The summed E-state index contributed by atoms with van der Waals surface area (Å²) in [6.45, 7) is 4.86. The molecule has 1 atom stereocenters. The Morgan fingerprint density at radius 2 is 1.81 bits per heavy atom. The van der Waals surface area contributed by atoms with Crippen molar-refractivity contribution in [2.75, 3.05) is 25.2 Å². The van der Waals surface area contributed by atoms with E-state index in [4.69, 9.17) is 13.9 Å². The molecule has 0 bridgehead atoms. The predicted molar refractivity (Wildman–Crippen MR) is 115 cm³/mol. The summed E-state index contributed by atoms with van der Waals surface area (Å²) in [5.74, 6) is 0.515. The van der Waals surface area contributed by atoms with Gasteiger partial charge in [-0.1, -0.05) is 13.8 Å². The molecule has 0 unspecified atom stereocenters. The van der Waals surface area contributed by atoms with Gasteiger partial charge in [0.05, 0.1) is 6.26 Å². The number of carbonyl (C=O) groups excluding carboxylic acids is 3. The van der Waals surface area contributed by atoms with Crippen molar-refractivity contribution in [3.05, 3.63) is 42.4 Å². The first-order valence-electron chi connectivity index (χ1n) is 10.8. The van der Waals surface area contributed by atoms with Gasteiger partial charge in [0.2, 0.25) is 18.6 Å². The molecule has 32 heavy (non-hydrogen) atoms. The highest BCUT2D eigenvalue weighted by Gasteiger charge is 2.33. The number of fused-ring (bicyclic) bond motifs is 1. The SMILES string of the molecule is CC(C)[C@H](NC(=O)c1ccco1)C(=O)N1CCC(C(=O)Nc2ccc3c(c2)OCO3)CC1. The van der Waals surface area contributed by atoms with Crippen LogP contribution in [0.25, 0.3) is 0 Å². The van der Waals surface area contributed by atoms with Crippen molar-refractivity contribution >= 4 is 23.4 Å². The fourth-order valence-electron chi connectivity index (χ4n) is 3.91. The Morgan fingerprint density at radius 3 is 2.50 bits per heavy atom. The van der Waals surface area contributed by atoms with E-state index in [9.17, 15) is 14.4 Å². The maximum absolute atomic E-state index is 13.1. The monoisotopic (exact) mass is 441 g/mol. The lowest BCUT2D eigenvalue weighted by atomic mass is 9.94. The molecule has 0 aliphatic carbocycles.